The van der Waals surface area contributed by atoms with Gasteiger partial charge in [0.25, 0.3) is 0 Å². The van der Waals surface area contributed by atoms with Crippen molar-refractivity contribution in [2.75, 3.05) is 25.2 Å². The summed E-state index contributed by atoms with van der Waals surface area (Å²) in [6.45, 7) is 0.842. The Morgan fingerprint density at radius 3 is 2.93 bits per heavy atom. The Hall–Kier alpha value is -0.240. The third kappa shape index (κ3) is 6.77. The third-order valence-electron chi connectivity index (χ3n) is 2.36. The molecule has 1 saturated carbocycles. The number of nitrogens with zero attached hydrogens (tertiary/aromatic N) is 1. The molecule has 1 fully saturated rings. The van der Waals surface area contributed by atoms with Gasteiger partial charge in [0.05, 0.1) is 12.1 Å². The number of rotatable bonds is 9. The highest BCUT2D eigenvalue weighted by molar-refractivity contribution is 7.99. The summed E-state index contributed by atoms with van der Waals surface area (Å²) in [5.74, 6) is 2.21. The fraction of sp³-hybridized carbons (Fsp3) is 0.909. The molecule has 1 N–H and O–H groups in total. The van der Waals surface area contributed by atoms with E-state index in [-0.39, 0.29) is 6.04 Å². The van der Waals surface area contributed by atoms with Crippen LogP contribution >= 0.6 is 11.8 Å². The second-order valence-corrected chi connectivity index (χ2v) is 5.09. The van der Waals surface area contributed by atoms with Gasteiger partial charge < -0.3 is 4.74 Å². The molecule has 0 aromatic carbocycles. The van der Waals surface area contributed by atoms with Crippen molar-refractivity contribution in [3.63, 3.8) is 0 Å². The second kappa shape index (κ2) is 7.98. The van der Waals surface area contributed by atoms with Crippen LogP contribution in [0.25, 0.3) is 0 Å². The average Bonchev–Trinajstić information content (AvgIpc) is 3.05. The number of thioether (sulfide) groups is 1. The summed E-state index contributed by atoms with van der Waals surface area (Å²) in [5, 5.41) is 12.2. The van der Waals surface area contributed by atoms with E-state index in [9.17, 15) is 0 Å². The molecule has 0 radical (unpaired) electrons. The van der Waals surface area contributed by atoms with Gasteiger partial charge in [-0.25, -0.2) is 0 Å². The molecular weight excluding hydrogens is 208 g/mol. The summed E-state index contributed by atoms with van der Waals surface area (Å²) >= 11 is 1.91. The zero-order valence-electron chi connectivity index (χ0n) is 9.37. The highest BCUT2D eigenvalue weighted by Gasteiger charge is 2.23. The second-order valence-electron chi connectivity index (χ2n) is 3.87. The van der Waals surface area contributed by atoms with Gasteiger partial charge in [-0.3, -0.25) is 5.32 Å². The highest BCUT2D eigenvalue weighted by Crippen LogP contribution is 2.20. The van der Waals surface area contributed by atoms with Crippen molar-refractivity contribution in [2.45, 2.75) is 37.8 Å². The number of ether oxygens (including phenoxy) is 1. The summed E-state index contributed by atoms with van der Waals surface area (Å²) < 4.78 is 4.97. The molecule has 0 aromatic rings. The molecule has 1 atom stereocenters. The Kier molecular flexibility index (Phi) is 6.82. The summed E-state index contributed by atoms with van der Waals surface area (Å²) in [5.41, 5.74) is 0. The van der Waals surface area contributed by atoms with Crippen molar-refractivity contribution >= 4 is 11.8 Å². The van der Waals surface area contributed by atoms with E-state index in [0.29, 0.717) is 6.04 Å². The Morgan fingerprint density at radius 2 is 2.33 bits per heavy atom. The van der Waals surface area contributed by atoms with E-state index < -0.39 is 0 Å². The zero-order valence-corrected chi connectivity index (χ0v) is 10.2. The summed E-state index contributed by atoms with van der Waals surface area (Å²) in [4.78, 5) is 0. The van der Waals surface area contributed by atoms with Gasteiger partial charge in [-0.05, 0) is 37.2 Å². The van der Waals surface area contributed by atoms with E-state index in [1.807, 2.05) is 11.8 Å². The first kappa shape index (κ1) is 12.8. The van der Waals surface area contributed by atoms with Gasteiger partial charge in [0, 0.05) is 19.8 Å². The molecule has 1 rings (SSSR count). The molecule has 0 aromatic heterocycles. The van der Waals surface area contributed by atoms with Gasteiger partial charge in [0.1, 0.15) is 0 Å². The van der Waals surface area contributed by atoms with Gasteiger partial charge in [-0.15, -0.1) is 0 Å². The summed E-state index contributed by atoms with van der Waals surface area (Å²) in [6, 6.07) is 3.02. The van der Waals surface area contributed by atoms with Crippen molar-refractivity contribution < 1.29 is 4.74 Å². The SMILES string of the molecule is COCCCSCCC(C#N)NC1CC1. The van der Waals surface area contributed by atoms with Gasteiger partial charge in [-0.1, -0.05) is 0 Å². The van der Waals surface area contributed by atoms with Crippen LogP contribution in [0.1, 0.15) is 25.7 Å². The minimum Gasteiger partial charge on any atom is -0.385 e. The van der Waals surface area contributed by atoms with Crippen molar-refractivity contribution in [3.05, 3.63) is 0 Å². The number of nitrogens with one attached hydrogen (secondary N) is 1. The summed E-state index contributed by atoms with van der Waals surface area (Å²) in [7, 11) is 1.73. The molecule has 86 valence electrons. The number of hydrogen-bond donors (Lipinski definition) is 1. The van der Waals surface area contributed by atoms with Crippen molar-refractivity contribution in [2.24, 2.45) is 0 Å². The average molecular weight is 228 g/mol. The minimum absolute atomic E-state index is 0.0624. The van der Waals surface area contributed by atoms with E-state index >= 15 is 0 Å². The predicted molar refractivity (Wildman–Crippen MR) is 64.0 cm³/mol. The highest BCUT2D eigenvalue weighted by atomic mass is 32.2. The molecule has 0 spiro atoms. The standard InChI is InChI=1S/C11H20N2OS/c1-14-6-2-7-15-8-5-11(9-12)13-10-3-4-10/h10-11,13H,2-8H2,1H3. The topological polar surface area (TPSA) is 45.0 Å². The van der Waals surface area contributed by atoms with Crippen LogP contribution in [0.2, 0.25) is 0 Å². The van der Waals surface area contributed by atoms with Crippen molar-refractivity contribution in [1.82, 2.24) is 5.32 Å². The van der Waals surface area contributed by atoms with Crippen molar-refractivity contribution in [1.29, 1.82) is 5.26 Å². The lowest BCUT2D eigenvalue weighted by Gasteiger charge is -2.09. The van der Waals surface area contributed by atoms with E-state index in [4.69, 9.17) is 10.00 Å². The van der Waals surface area contributed by atoms with Gasteiger partial charge in [0.15, 0.2) is 0 Å². The van der Waals surface area contributed by atoms with Crippen LogP contribution in [0, 0.1) is 11.3 Å². The monoisotopic (exact) mass is 228 g/mol. The van der Waals surface area contributed by atoms with Gasteiger partial charge in [-0.2, -0.15) is 17.0 Å². The molecule has 1 aliphatic rings. The molecule has 0 amide bonds. The van der Waals surface area contributed by atoms with Crippen LogP contribution < -0.4 is 5.32 Å². The minimum atomic E-state index is 0.0624. The Bertz CT molecular complexity index is 201. The van der Waals surface area contributed by atoms with Gasteiger partial charge >= 0.3 is 0 Å². The van der Waals surface area contributed by atoms with E-state index in [1.165, 1.54) is 12.8 Å². The fourth-order valence-electron chi connectivity index (χ4n) is 1.33. The maximum atomic E-state index is 8.90. The zero-order chi connectivity index (χ0) is 10.9. The largest absolute Gasteiger partial charge is 0.385 e. The van der Waals surface area contributed by atoms with E-state index in [2.05, 4.69) is 11.4 Å². The molecule has 0 bridgehead atoms. The Balaban J connectivity index is 1.90. The van der Waals surface area contributed by atoms with Crippen LogP contribution in [0.15, 0.2) is 0 Å². The van der Waals surface area contributed by atoms with E-state index in [0.717, 1.165) is 31.0 Å². The lowest BCUT2D eigenvalue weighted by molar-refractivity contribution is 0.200. The molecule has 1 aliphatic carbocycles. The molecule has 0 heterocycles. The van der Waals surface area contributed by atoms with Crippen molar-refractivity contribution in [3.8, 4) is 6.07 Å². The molecule has 3 nitrogen and oxygen atoms in total. The molecule has 0 aliphatic heterocycles. The first-order valence-corrected chi connectivity index (χ1v) is 6.74. The molecule has 4 heteroatoms. The maximum absolute atomic E-state index is 8.90. The Labute approximate surface area is 96.6 Å². The number of nitriles is 1. The van der Waals surface area contributed by atoms with Crippen LogP contribution in [0.4, 0.5) is 0 Å². The Morgan fingerprint density at radius 1 is 1.53 bits per heavy atom. The molecular formula is C11H20N2OS. The normalized spacial score (nSPS) is 17.3. The van der Waals surface area contributed by atoms with Crippen LogP contribution in [-0.2, 0) is 4.74 Å². The first-order valence-electron chi connectivity index (χ1n) is 5.59. The predicted octanol–water partition coefficient (Wildman–Crippen LogP) is 1.79. The smallest absolute Gasteiger partial charge is 0.0963 e. The third-order valence-corrected chi connectivity index (χ3v) is 3.46. The van der Waals surface area contributed by atoms with Crippen LogP contribution in [0.3, 0.4) is 0 Å². The number of hydrogen-bond acceptors (Lipinski definition) is 4. The summed E-state index contributed by atoms with van der Waals surface area (Å²) in [6.07, 6.45) is 4.57. The quantitative estimate of drug-likeness (QED) is 0.611. The first-order chi connectivity index (χ1) is 7.36. The van der Waals surface area contributed by atoms with Crippen LogP contribution in [0.5, 0.6) is 0 Å². The lowest BCUT2D eigenvalue weighted by Crippen LogP contribution is -2.30. The molecule has 15 heavy (non-hydrogen) atoms. The van der Waals surface area contributed by atoms with E-state index in [1.54, 1.807) is 7.11 Å². The maximum Gasteiger partial charge on any atom is 0.0963 e. The fourth-order valence-corrected chi connectivity index (χ4v) is 2.26. The molecule has 0 saturated heterocycles. The molecule has 1 unspecified atom stereocenters. The number of methoxy groups -OCH3 is 1. The van der Waals surface area contributed by atoms with Crippen LogP contribution in [-0.4, -0.2) is 37.3 Å². The van der Waals surface area contributed by atoms with Gasteiger partial charge in [0.2, 0.25) is 0 Å². The lowest BCUT2D eigenvalue weighted by atomic mass is 10.2.